The molecule has 0 bridgehead atoms. The molecule has 0 atom stereocenters. The van der Waals surface area contributed by atoms with Crippen molar-refractivity contribution in [3.05, 3.63) is 36.7 Å². The Kier molecular flexibility index (Phi) is 1.60. The molecule has 0 amide bonds. The summed E-state index contributed by atoms with van der Waals surface area (Å²) < 4.78 is 5.61. The molecular formula is C10H6N2OSi. The van der Waals surface area contributed by atoms with Gasteiger partial charge in [0.05, 0.1) is 5.32 Å². The Morgan fingerprint density at radius 3 is 2.93 bits per heavy atom. The fourth-order valence-electron chi connectivity index (χ4n) is 1.38. The Balaban J connectivity index is 2.12. The Morgan fingerprint density at radius 1 is 1.07 bits per heavy atom. The van der Waals surface area contributed by atoms with E-state index in [1.54, 1.807) is 12.4 Å². The molecule has 0 fully saturated rings. The summed E-state index contributed by atoms with van der Waals surface area (Å²) in [4.78, 5) is 8.38. The molecule has 4 heteroatoms. The van der Waals surface area contributed by atoms with Crippen LogP contribution in [0.4, 0.5) is 0 Å². The third-order valence-electron chi connectivity index (χ3n) is 2.01. The molecule has 14 heavy (non-hydrogen) atoms. The van der Waals surface area contributed by atoms with Crippen LogP contribution in [0.2, 0.25) is 0 Å². The normalized spacial score (nSPS) is 12.6. The molecule has 0 saturated heterocycles. The summed E-state index contributed by atoms with van der Waals surface area (Å²) in [5, 5.41) is 2.13. The van der Waals surface area contributed by atoms with Crippen molar-refractivity contribution in [1.29, 1.82) is 0 Å². The minimum absolute atomic E-state index is 0.545. The van der Waals surface area contributed by atoms with Crippen LogP contribution >= 0.6 is 0 Å². The summed E-state index contributed by atoms with van der Waals surface area (Å²) in [6.45, 7) is 0. The largest absolute Gasteiger partial charge is 0.438 e. The van der Waals surface area contributed by atoms with E-state index in [0.29, 0.717) is 15.4 Å². The summed E-state index contributed by atoms with van der Waals surface area (Å²) >= 11 is 0. The minimum atomic E-state index is 0.545. The molecule has 1 aliphatic rings. The van der Waals surface area contributed by atoms with Crippen molar-refractivity contribution >= 4 is 20.0 Å². The molecule has 66 valence electrons. The number of ether oxygens (including phenoxy) is 1. The standard InChI is InChI=1S/C10H6N2OSi/c1-2-4-8-7(3-1)13-9-10(14-8)12-6-5-11-9/h1-6H. The lowest BCUT2D eigenvalue weighted by Crippen LogP contribution is -2.36. The van der Waals surface area contributed by atoms with E-state index in [4.69, 9.17) is 4.74 Å². The third kappa shape index (κ3) is 1.12. The predicted octanol–water partition coefficient (Wildman–Crippen LogP) is 0.237. The van der Waals surface area contributed by atoms with E-state index in [0.717, 1.165) is 11.1 Å². The first kappa shape index (κ1) is 7.70. The Hall–Kier alpha value is -1.68. The van der Waals surface area contributed by atoms with Gasteiger partial charge >= 0.3 is 0 Å². The van der Waals surface area contributed by atoms with Crippen LogP contribution < -0.4 is 15.2 Å². The molecule has 0 spiro atoms. The minimum Gasteiger partial charge on any atom is -0.438 e. The molecule has 1 aliphatic heterocycles. The van der Waals surface area contributed by atoms with Crippen LogP contribution in [0.5, 0.6) is 11.6 Å². The molecule has 0 N–H and O–H groups in total. The number of benzene rings is 1. The first-order chi connectivity index (χ1) is 6.93. The maximum Gasteiger partial charge on any atom is 0.236 e. The lowest BCUT2D eigenvalue weighted by molar-refractivity contribution is 0.466. The zero-order valence-electron chi connectivity index (χ0n) is 7.27. The number of rotatable bonds is 0. The van der Waals surface area contributed by atoms with Gasteiger partial charge < -0.3 is 4.74 Å². The monoisotopic (exact) mass is 198 g/mol. The summed E-state index contributed by atoms with van der Waals surface area (Å²) in [5.74, 6) is 1.54. The van der Waals surface area contributed by atoms with Gasteiger partial charge in [-0.1, -0.05) is 18.2 Å². The molecule has 1 aromatic heterocycles. The van der Waals surface area contributed by atoms with Gasteiger partial charge in [-0.3, -0.25) is 4.98 Å². The number of fused-ring (bicyclic) bond motifs is 2. The van der Waals surface area contributed by atoms with Crippen molar-refractivity contribution in [2.75, 3.05) is 0 Å². The second kappa shape index (κ2) is 2.92. The predicted molar refractivity (Wildman–Crippen MR) is 53.6 cm³/mol. The van der Waals surface area contributed by atoms with Gasteiger partial charge in [0, 0.05) is 12.4 Å². The van der Waals surface area contributed by atoms with Crippen LogP contribution in [0.3, 0.4) is 0 Å². The van der Waals surface area contributed by atoms with Gasteiger partial charge in [0.25, 0.3) is 0 Å². The average molecular weight is 198 g/mol. The van der Waals surface area contributed by atoms with Crippen LogP contribution in [0, 0.1) is 0 Å². The fraction of sp³-hybridized carbons (Fsp3) is 0. The highest BCUT2D eigenvalue weighted by Gasteiger charge is 2.18. The van der Waals surface area contributed by atoms with Gasteiger partial charge in [0.15, 0.2) is 9.52 Å². The van der Waals surface area contributed by atoms with Gasteiger partial charge in [-0.2, -0.15) is 0 Å². The van der Waals surface area contributed by atoms with E-state index in [9.17, 15) is 0 Å². The maximum absolute atomic E-state index is 5.61. The van der Waals surface area contributed by atoms with Gasteiger partial charge in [-0.05, 0) is 11.3 Å². The van der Waals surface area contributed by atoms with E-state index in [1.165, 1.54) is 5.19 Å². The molecule has 0 aliphatic carbocycles. The smallest absolute Gasteiger partial charge is 0.236 e. The van der Waals surface area contributed by atoms with Crippen LogP contribution in [0.1, 0.15) is 0 Å². The highest BCUT2D eigenvalue weighted by molar-refractivity contribution is 6.68. The SMILES string of the molecule is c1ccc2c(c1)Oc1nccnc1[Si]2. The summed E-state index contributed by atoms with van der Waals surface area (Å²) in [7, 11) is 0.545. The van der Waals surface area contributed by atoms with Gasteiger partial charge in [-0.15, -0.1) is 0 Å². The van der Waals surface area contributed by atoms with Crippen LogP contribution in [0.25, 0.3) is 0 Å². The molecule has 3 rings (SSSR count). The number of para-hydroxylation sites is 1. The lowest BCUT2D eigenvalue weighted by atomic mass is 10.3. The van der Waals surface area contributed by atoms with E-state index in [1.807, 2.05) is 18.2 Å². The number of hydrogen-bond donors (Lipinski definition) is 0. The molecule has 0 saturated carbocycles. The van der Waals surface area contributed by atoms with Crippen LogP contribution in [0.15, 0.2) is 36.7 Å². The van der Waals surface area contributed by atoms with Crippen molar-refractivity contribution in [3.8, 4) is 11.6 Å². The quantitative estimate of drug-likeness (QED) is 0.485. The number of nitrogens with zero attached hydrogens (tertiary/aromatic N) is 2. The molecule has 3 nitrogen and oxygen atoms in total. The lowest BCUT2D eigenvalue weighted by Gasteiger charge is -2.16. The first-order valence-electron chi connectivity index (χ1n) is 4.28. The van der Waals surface area contributed by atoms with Crippen molar-refractivity contribution in [3.63, 3.8) is 0 Å². The first-order valence-corrected chi connectivity index (χ1v) is 5.28. The van der Waals surface area contributed by atoms with Gasteiger partial charge in [0.2, 0.25) is 5.88 Å². The maximum atomic E-state index is 5.61. The molecule has 2 heterocycles. The highest BCUT2D eigenvalue weighted by atomic mass is 28.2. The van der Waals surface area contributed by atoms with E-state index in [2.05, 4.69) is 16.0 Å². The topological polar surface area (TPSA) is 35.0 Å². The van der Waals surface area contributed by atoms with E-state index >= 15 is 0 Å². The van der Waals surface area contributed by atoms with E-state index < -0.39 is 0 Å². The van der Waals surface area contributed by atoms with Gasteiger partial charge in [-0.25, -0.2) is 4.98 Å². The molecule has 2 radical (unpaired) electrons. The summed E-state index contributed by atoms with van der Waals surface area (Å²) in [6, 6.07) is 7.99. The van der Waals surface area contributed by atoms with Gasteiger partial charge in [0.1, 0.15) is 5.75 Å². The van der Waals surface area contributed by atoms with Crippen LogP contribution in [-0.2, 0) is 0 Å². The van der Waals surface area contributed by atoms with E-state index in [-0.39, 0.29) is 0 Å². The number of aromatic nitrogens is 2. The highest BCUT2D eigenvalue weighted by Crippen LogP contribution is 2.17. The zero-order valence-corrected chi connectivity index (χ0v) is 8.27. The molecular weight excluding hydrogens is 192 g/mol. The second-order valence-electron chi connectivity index (χ2n) is 2.93. The summed E-state index contributed by atoms with van der Waals surface area (Å²) in [5.41, 5.74) is 0. The molecule has 0 unspecified atom stereocenters. The Bertz CT molecular complexity index is 400. The third-order valence-corrected chi connectivity index (χ3v) is 3.27. The fourth-order valence-corrected chi connectivity index (χ4v) is 2.43. The average Bonchev–Trinajstić information content (AvgIpc) is 2.26. The summed E-state index contributed by atoms with van der Waals surface area (Å²) in [6.07, 6.45) is 3.35. The second-order valence-corrected chi connectivity index (χ2v) is 4.20. The van der Waals surface area contributed by atoms with Crippen LogP contribution in [-0.4, -0.2) is 19.5 Å². The molecule has 1 aromatic carbocycles. The molecule has 2 aromatic rings. The van der Waals surface area contributed by atoms with Crippen molar-refractivity contribution in [2.24, 2.45) is 0 Å². The van der Waals surface area contributed by atoms with Crippen molar-refractivity contribution < 1.29 is 4.74 Å². The Morgan fingerprint density at radius 2 is 1.93 bits per heavy atom. The zero-order chi connectivity index (χ0) is 9.38. The Labute approximate surface area is 83.6 Å². The van der Waals surface area contributed by atoms with Crippen molar-refractivity contribution in [1.82, 2.24) is 9.97 Å². The van der Waals surface area contributed by atoms with Crippen molar-refractivity contribution in [2.45, 2.75) is 0 Å². The number of hydrogen-bond acceptors (Lipinski definition) is 3.